The van der Waals surface area contributed by atoms with E-state index in [1.165, 1.54) is 0 Å². The van der Waals surface area contributed by atoms with E-state index in [1.807, 2.05) is 26.8 Å². The summed E-state index contributed by atoms with van der Waals surface area (Å²) in [5.41, 5.74) is 0.706. The molecule has 0 fully saturated rings. The summed E-state index contributed by atoms with van der Waals surface area (Å²) in [6, 6.07) is 0. The van der Waals surface area contributed by atoms with Gasteiger partial charge in [-0.25, -0.2) is 4.79 Å². The molecule has 0 aliphatic heterocycles. The normalized spacial score (nSPS) is 14.2. The van der Waals surface area contributed by atoms with Gasteiger partial charge in [-0.15, -0.1) is 0 Å². The van der Waals surface area contributed by atoms with Gasteiger partial charge in [0.05, 0.1) is 6.10 Å². The maximum atomic E-state index is 11.2. The lowest BCUT2D eigenvalue weighted by atomic mass is 10.2. The Labute approximate surface area is 74.6 Å². The molecule has 0 heterocycles. The van der Waals surface area contributed by atoms with E-state index < -0.39 is 0 Å². The van der Waals surface area contributed by atoms with Crippen molar-refractivity contribution in [2.24, 2.45) is 0 Å². The summed E-state index contributed by atoms with van der Waals surface area (Å²) in [5.74, 6) is -0.189. The monoisotopic (exact) mass is 170 g/mol. The van der Waals surface area contributed by atoms with Crippen molar-refractivity contribution in [3.63, 3.8) is 0 Å². The molecular formula is C10H18O2. The summed E-state index contributed by atoms with van der Waals surface area (Å²) >= 11 is 0. The SMILES string of the molecule is CC/C=C(\C)C(=O)OC(C)CC. The minimum Gasteiger partial charge on any atom is -0.459 e. The molecule has 1 unspecified atom stereocenters. The number of hydrogen-bond donors (Lipinski definition) is 0. The van der Waals surface area contributed by atoms with Crippen molar-refractivity contribution in [3.05, 3.63) is 11.6 Å². The zero-order chi connectivity index (χ0) is 9.56. The Kier molecular flexibility index (Phi) is 5.43. The highest BCUT2D eigenvalue weighted by atomic mass is 16.5. The summed E-state index contributed by atoms with van der Waals surface area (Å²) in [6.07, 6.45) is 3.65. The van der Waals surface area contributed by atoms with Crippen LogP contribution in [-0.2, 0) is 9.53 Å². The Morgan fingerprint density at radius 2 is 2.08 bits per heavy atom. The summed E-state index contributed by atoms with van der Waals surface area (Å²) in [7, 11) is 0. The Hall–Kier alpha value is -0.790. The van der Waals surface area contributed by atoms with Crippen LogP contribution in [0.1, 0.15) is 40.5 Å². The van der Waals surface area contributed by atoms with Gasteiger partial charge in [0.1, 0.15) is 0 Å². The van der Waals surface area contributed by atoms with Crippen LogP contribution in [0.4, 0.5) is 0 Å². The van der Waals surface area contributed by atoms with Gasteiger partial charge in [-0.05, 0) is 26.7 Å². The minimum atomic E-state index is -0.189. The molecule has 0 aliphatic carbocycles. The van der Waals surface area contributed by atoms with E-state index in [1.54, 1.807) is 6.92 Å². The molecule has 12 heavy (non-hydrogen) atoms. The quantitative estimate of drug-likeness (QED) is 0.479. The molecule has 0 aliphatic rings. The molecule has 0 aromatic rings. The van der Waals surface area contributed by atoms with Crippen LogP contribution in [0.5, 0.6) is 0 Å². The highest BCUT2D eigenvalue weighted by Crippen LogP contribution is 2.03. The highest BCUT2D eigenvalue weighted by molar-refractivity contribution is 5.87. The molecule has 0 bridgehead atoms. The van der Waals surface area contributed by atoms with Crippen molar-refractivity contribution in [3.8, 4) is 0 Å². The van der Waals surface area contributed by atoms with E-state index in [0.29, 0.717) is 5.57 Å². The molecule has 2 nitrogen and oxygen atoms in total. The molecule has 0 N–H and O–H groups in total. The second-order valence-electron chi connectivity index (χ2n) is 2.92. The zero-order valence-electron chi connectivity index (χ0n) is 8.39. The predicted molar refractivity (Wildman–Crippen MR) is 49.9 cm³/mol. The van der Waals surface area contributed by atoms with Crippen LogP contribution in [0.3, 0.4) is 0 Å². The maximum absolute atomic E-state index is 11.2. The number of allylic oxidation sites excluding steroid dienone is 1. The predicted octanol–water partition coefficient (Wildman–Crippen LogP) is 2.68. The first-order valence-electron chi connectivity index (χ1n) is 4.49. The summed E-state index contributed by atoms with van der Waals surface area (Å²) in [6.45, 7) is 7.68. The van der Waals surface area contributed by atoms with Gasteiger partial charge in [-0.1, -0.05) is 19.9 Å². The first kappa shape index (κ1) is 11.2. The fraction of sp³-hybridized carbons (Fsp3) is 0.700. The first-order valence-corrected chi connectivity index (χ1v) is 4.49. The smallest absolute Gasteiger partial charge is 0.333 e. The third kappa shape index (κ3) is 4.16. The topological polar surface area (TPSA) is 26.3 Å². The number of carbonyl (C=O) groups excluding carboxylic acids is 1. The van der Waals surface area contributed by atoms with Crippen LogP contribution in [0.15, 0.2) is 11.6 Å². The minimum absolute atomic E-state index is 0.0257. The molecule has 2 heteroatoms. The summed E-state index contributed by atoms with van der Waals surface area (Å²) in [4.78, 5) is 11.2. The number of rotatable bonds is 4. The van der Waals surface area contributed by atoms with E-state index in [2.05, 4.69) is 0 Å². The number of esters is 1. The molecule has 0 aromatic carbocycles. The second-order valence-corrected chi connectivity index (χ2v) is 2.92. The molecule has 0 spiro atoms. The Balaban J connectivity index is 3.95. The van der Waals surface area contributed by atoms with Gasteiger partial charge in [-0.2, -0.15) is 0 Å². The van der Waals surface area contributed by atoms with Gasteiger partial charge in [0.15, 0.2) is 0 Å². The molecule has 0 aromatic heterocycles. The lowest BCUT2D eigenvalue weighted by Gasteiger charge is -2.10. The molecule has 0 amide bonds. The van der Waals surface area contributed by atoms with Crippen LogP contribution < -0.4 is 0 Å². The largest absolute Gasteiger partial charge is 0.459 e. The molecule has 0 rings (SSSR count). The molecule has 0 saturated heterocycles. The third-order valence-corrected chi connectivity index (χ3v) is 1.72. The van der Waals surface area contributed by atoms with Crippen LogP contribution >= 0.6 is 0 Å². The fourth-order valence-electron chi connectivity index (χ4n) is 0.749. The van der Waals surface area contributed by atoms with Gasteiger partial charge in [0, 0.05) is 5.57 Å². The van der Waals surface area contributed by atoms with E-state index in [0.717, 1.165) is 12.8 Å². The lowest BCUT2D eigenvalue weighted by Crippen LogP contribution is -2.14. The van der Waals surface area contributed by atoms with Crippen LogP contribution in [-0.4, -0.2) is 12.1 Å². The number of carbonyl (C=O) groups is 1. The molecule has 1 atom stereocenters. The molecule has 0 radical (unpaired) electrons. The first-order chi connectivity index (χ1) is 5.61. The Morgan fingerprint density at radius 1 is 1.50 bits per heavy atom. The average molecular weight is 170 g/mol. The van der Waals surface area contributed by atoms with Crippen molar-refractivity contribution in [1.29, 1.82) is 0 Å². The maximum Gasteiger partial charge on any atom is 0.333 e. The highest BCUT2D eigenvalue weighted by Gasteiger charge is 2.08. The van der Waals surface area contributed by atoms with Gasteiger partial charge in [0.2, 0.25) is 0 Å². The number of ether oxygens (including phenoxy) is 1. The van der Waals surface area contributed by atoms with Crippen molar-refractivity contribution in [1.82, 2.24) is 0 Å². The van der Waals surface area contributed by atoms with Gasteiger partial charge in [0.25, 0.3) is 0 Å². The number of hydrogen-bond acceptors (Lipinski definition) is 2. The second kappa shape index (κ2) is 5.81. The van der Waals surface area contributed by atoms with Crippen molar-refractivity contribution in [2.45, 2.75) is 46.6 Å². The van der Waals surface area contributed by atoms with Crippen molar-refractivity contribution < 1.29 is 9.53 Å². The van der Waals surface area contributed by atoms with E-state index in [9.17, 15) is 4.79 Å². The summed E-state index contributed by atoms with van der Waals surface area (Å²) < 4.78 is 5.11. The van der Waals surface area contributed by atoms with Gasteiger partial charge < -0.3 is 4.74 Å². The third-order valence-electron chi connectivity index (χ3n) is 1.72. The van der Waals surface area contributed by atoms with Crippen LogP contribution in [0, 0.1) is 0 Å². The summed E-state index contributed by atoms with van der Waals surface area (Å²) in [5, 5.41) is 0. The van der Waals surface area contributed by atoms with E-state index in [-0.39, 0.29) is 12.1 Å². The van der Waals surface area contributed by atoms with E-state index in [4.69, 9.17) is 4.74 Å². The van der Waals surface area contributed by atoms with E-state index >= 15 is 0 Å². The van der Waals surface area contributed by atoms with Crippen molar-refractivity contribution in [2.75, 3.05) is 0 Å². The fourth-order valence-corrected chi connectivity index (χ4v) is 0.749. The molecular weight excluding hydrogens is 152 g/mol. The van der Waals surface area contributed by atoms with Crippen LogP contribution in [0.25, 0.3) is 0 Å². The van der Waals surface area contributed by atoms with Crippen LogP contribution in [0.2, 0.25) is 0 Å². The zero-order valence-corrected chi connectivity index (χ0v) is 8.39. The van der Waals surface area contributed by atoms with Gasteiger partial charge in [-0.3, -0.25) is 0 Å². The lowest BCUT2D eigenvalue weighted by molar-refractivity contribution is -0.143. The van der Waals surface area contributed by atoms with Gasteiger partial charge >= 0.3 is 5.97 Å². The standard InChI is InChI=1S/C10H18O2/c1-5-7-8(3)10(11)12-9(4)6-2/h7,9H,5-6H2,1-4H3/b8-7+. The molecule has 70 valence electrons. The average Bonchev–Trinajstić information content (AvgIpc) is 2.04. The van der Waals surface area contributed by atoms with Crippen molar-refractivity contribution >= 4 is 5.97 Å². The Bertz CT molecular complexity index is 171. The Morgan fingerprint density at radius 3 is 2.50 bits per heavy atom. The molecule has 0 saturated carbocycles.